The molecule has 3 amide bonds. The Morgan fingerprint density at radius 3 is 2.89 bits per heavy atom. The molecule has 1 fully saturated rings. The Morgan fingerprint density at radius 1 is 1.32 bits per heavy atom. The van der Waals surface area contributed by atoms with Gasteiger partial charge in [-0.25, -0.2) is 9.78 Å². The first-order chi connectivity index (χ1) is 9.20. The zero-order valence-corrected chi connectivity index (χ0v) is 9.87. The predicted octanol–water partition coefficient (Wildman–Crippen LogP) is 0.593. The number of nitrogens with one attached hydrogen (secondary N) is 1. The molecule has 1 aliphatic heterocycles. The lowest BCUT2D eigenvalue weighted by Crippen LogP contribution is -2.50. The van der Waals surface area contributed by atoms with Crippen LogP contribution in [0, 0.1) is 0 Å². The molecule has 3 rings (SSSR count). The van der Waals surface area contributed by atoms with Gasteiger partial charge in [-0.15, -0.1) is 0 Å². The number of rotatable bonds is 2. The lowest BCUT2D eigenvalue weighted by atomic mass is 10.3. The normalized spacial score (nSPS) is 15.7. The van der Waals surface area contributed by atoms with Gasteiger partial charge >= 0.3 is 6.03 Å². The van der Waals surface area contributed by atoms with Gasteiger partial charge in [0.25, 0.3) is 0 Å². The maximum atomic E-state index is 11.8. The zero-order chi connectivity index (χ0) is 13.4. The quantitative estimate of drug-likeness (QED) is 0.799. The third-order valence-corrected chi connectivity index (χ3v) is 2.97. The van der Waals surface area contributed by atoms with Crippen LogP contribution in [0.15, 0.2) is 24.4 Å². The summed E-state index contributed by atoms with van der Waals surface area (Å²) in [5.41, 5.74) is 0.887. The molecule has 3 heterocycles. The molecule has 0 aromatic carbocycles. The van der Waals surface area contributed by atoms with Crippen LogP contribution in [-0.2, 0) is 4.79 Å². The van der Waals surface area contributed by atoms with Gasteiger partial charge in [-0.1, -0.05) is 6.07 Å². The summed E-state index contributed by atoms with van der Waals surface area (Å²) >= 11 is 0. The maximum absolute atomic E-state index is 11.8. The van der Waals surface area contributed by atoms with Gasteiger partial charge in [0.15, 0.2) is 6.29 Å². The summed E-state index contributed by atoms with van der Waals surface area (Å²) in [6, 6.07) is 4.78. The fourth-order valence-corrected chi connectivity index (χ4v) is 2.08. The van der Waals surface area contributed by atoms with E-state index in [9.17, 15) is 14.4 Å². The molecule has 19 heavy (non-hydrogen) atoms. The van der Waals surface area contributed by atoms with Crippen LogP contribution in [0.25, 0.3) is 5.52 Å². The third-order valence-electron chi connectivity index (χ3n) is 2.97. The van der Waals surface area contributed by atoms with E-state index in [0.717, 1.165) is 0 Å². The molecule has 7 nitrogen and oxygen atoms in total. The number of aldehydes is 1. The van der Waals surface area contributed by atoms with Gasteiger partial charge in [0, 0.05) is 19.2 Å². The van der Waals surface area contributed by atoms with E-state index in [2.05, 4.69) is 10.3 Å². The molecule has 7 heteroatoms. The SMILES string of the molecule is O=Cc1nc(N2CCC(=O)NC2=O)n2ccccc12. The summed E-state index contributed by atoms with van der Waals surface area (Å²) in [5.74, 6) is 0.0282. The van der Waals surface area contributed by atoms with Crippen LogP contribution in [-0.4, -0.2) is 34.2 Å². The van der Waals surface area contributed by atoms with Crippen molar-refractivity contribution in [2.75, 3.05) is 11.4 Å². The number of amides is 3. The Kier molecular flexibility index (Phi) is 2.52. The van der Waals surface area contributed by atoms with E-state index >= 15 is 0 Å². The van der Waals surface area contributed by atoms with Crippen molar-refractivity contribution in [1.29, 1.82) is 0 Å². The smallest absolute Gasteiger partial charge is 0.296 e. The molecule has 0 radical (unpaired) electrons. The van der Waals surface area contributed by atoms with E-state index < -0.39 is 6.03 Å². The number of hydrogen-bond acceptors (Lipinski definition) is 4. The second-order valence-corrected chi connectivity index (χ2v) is 4.13. The number of pyridine rings is 1. The molecule has 96 valence electrons. The molecule has 0 atom stereocenters. The number of imide groups is 1. The number of aromatic nitrogens is 2. The van der Waals surface area contributed by atoms with Crippen molar-refractivity contribution in [2.24, 2.45) is 0 Å². The molecule has 2 aromatic heterocycles. The molecule has 0 spiro atoms. The minimum absolute atomic E-state index is 0.212. The number of fused-ring (bicyclic) bond motifs is 1. The highest BCUT2D eigenvalue weighted by atomic mass is 16.2. The van der Waals surface area contributed by atoms with E-state index in [1.807, 2.05) is 0 Å². The van der Waals surface area contributed by atoms with E-state index in [1.165, 1.54) is 4.90 Å². The minimum atomic E-state index is -0.524. The zero-order valence-electron chi connectivity index (χ0n) is 9.87. The van der Waals surface area contributed by atoms with E-state index in [1.54, 1.807) is 28.8 Å². The van der Waals surface area contributed by atoms with Gasteiger partial charge in [0.2, 0.25) is 11.9 Å². The van der Waals surface area contributed by atoms with Crippen molar-refractivity contribution in [3.8, 4) is 0 Å². The Hall–Kier alpha value is -2.70. The van der Waals surface area contributed by atoms with Gasteiger partial charge < -0.3 is 0 Å². The number of imidazole rings is 1. The molecule has 0 saturated carbocycles. The van der Waals surface area contributed by atoms with Crippen molar-refractivity contribution < 1.29 is 14.4 Å². The molecule has 1 aliphatic rings. The van der Waals surface area contributed by atoms with E-state index in [-0.39, 0.29) is 24.6 Å². The minimum Gasteiger partial charge on any atom is -0.296 e. The first-order valence-corrected chi connectivity index (χ1v) is 5.74. The summed E-state index contributed by atoms with van der Waals surface area (Å²) in [7, 11) is 0. The first-order valence-electron chi connectivity index (χ1n) is 5.74. The third kappa shape index (κ3) is 1.75. The lowest BCUT2D eigenvalue weighted by Gasteiger charge is -2.24. The average molecular weight is 258 g/mol. The number of nitrogens with zero attached hydrogens (tertiary/aromatic N) is 3. The average Bonchev–Trinajstić information content (AvgIpc) is 2.78. The van der Waals surface area contributed by atoms with Crippen molar-refractivity contribution in [2.45, 2.75) is 6.42 Å². The summed E-state index contributed by atoms with van der Waals surface area (Å²) in [4.78, 5) is 39.4. The Balaban J connectivity index is 2.12. The highest BCUT2D eigenvalue weighted by Gasteiger charge is 2.28. The fourth-order valence-electron chi connectivity index (χ4n) is 2.08. The van der Waals surface area contributed by atoms with Crippen LogP contribution in [0.5, 0.6) is 0 Å². The predicted molar refractivity (Wildman–Crippen MR) is 66.1 cm³/mol. The highest BCUT2D eigenvalue weighted by Crippen LogP contribution is 2.20. The van der Waals surface area contributed by atoms with Crippen LogP contribution in [0.1, 0.15) is 16.9 Å². The molecule has 0 aliphatic carbocycles. The van der Waals surface area contributed by atoms with Gasteiger partial charge in [-0.3, -0.25) is 24.2 Å². The molecule has 0 unspecified atom stereocenters. The number of carbonyl (C=O) groups is 3. The summed E-state index contributed by atoms with van der Waals surface area (Å²) in [6.45, 7) is 0.247. The molecule has 1 saturated heterocycles. The largest absolute Gasteiger partial charge is 0.330 e. The van der Waals surface area contributed by atoms with Crippen molar-refractivity contribution in [1.82, 2.24) is 14.7 Å². The van der Waals surface area contributed by atoms with Crippen molar-refractivity contribution in [3.63, 3.8) is 0 Å². The van der Waals surface area contributed by atoms with Crippen LogP contribution in [0.3, 0.4) is 0 Å². The molecule has 2 aromatic rings. The van der Waals surface area contributed by atoms with Crippen molar-refractivity contribution in [3.05, 3.63) is 30.1 Å². The molecule has 0 bridgehead atoms. The monoisotopic (exact) mass is 258 g/mol. The Morgan fingerprint density at radius 2 is 2.16 bits per heavy atom. The van der Waals surface area contributed by atoms with E-state index in [4.69, 9.17) is 0 Å². The highest BCUT2D eigenvalue weighted by molar-refractivity contribution is 6.05. The molecule has 1 N–H and O–H groups in total. The van der Waals surface area contributed by atoms with Crippen LogP contribution < -0.4 is 10.2 Å². The summed E-state index contributed by atoms with van der Waals surface area (Å²) in [5, 5.41) is 2.23. The molecular formula is C12H10N4O3. The van der Waals surface area contributed by atoms with Crippen LogP contribution in [0.2, 0.25) is 0 Å². The second kappa shape index (κ2) is 4.20. The lowest BCUT2D eigenvalue weighted by molar-refractivity contribution is -0.120. The Bertz CT molecular complexity index is 691. The van der Waals surface area contributed by atoms with Crippen LogP contribution >= 0.6 is 0 Å². The number of urea groups is 1. The first kappa shape index (κ1) is 11.4. The number of carbonyl (C=O) groups excluding carboxylic acids is 3. The van der Waals surface area contributed by atoms with Gasteiger partial charge in [-0.2, -0.15) is 0 Å². The number of hydrogen-bond donors (Lipinski definition) is 1. The maximum Gasteiger partial charge on any atom is 0.330 e. The van der Waals surface area contributed by atoms with Crippen molar-refractivity contribution >= 4 is 29.7 Å². The van der Waals surface area contributed by atoms with Gasteiger partial charge in [0.1, 0.15) is 5.69 Å². The number of anilines is 1. The Labute approximate surface area is 107 Å². The topological polar surface area (TPSA) is 83.8 Å². The summed E-state index contributed by atoms with van der Waals surface area (Å²) < 4.78 is 1.65. The molecular weight excluding hydrogens is 248 g/mol. The second-order valence-electron chi connectivity index (χ2n) is 4.13. The fraction of sp³-hybridized carbons (Fsp3) is 0.167. The van der Waals surface area contributed by atoms with Crippen LogP contribution in [0.4, 0.5) is 10.7 Å². The van der Waals surface area contributed by atoms with Gasteiger partial charge in [-0.05, 0) is 12.1 Å². The summed E-state index contributed by atoms with van der Waals surface area (Å²) in [6.07, 6.45) is 2.57. The van der Waals surface area contributed by atoms with E-state index in [0.29, 0.717) is 17.8 Å². The van der Waals surface area contributed by atoms with Gasteiger partial charge in [0.05, 0.1) is 5.52 Å². The standard InChI is InChI=1S/C12H10N4O3/c17-7-8-9-3-1-2-5-15(9)11(13-8)16-6-4-10(18)14-12(16)19/h1-3,5,7H,4,6H2,(H,14,18,19).